The van der Waals surface area contributed by atoms with Crippen LogP contribution in [0.4, 0.5) is 28.4 Å². The van der Waals surface area contributed by atoms with E-state index in [2.05, 4.69) is 28.8 Å². The summed E-state index contributed by atoms with van der Waals surface area (Å²) >= 11 is 0. The molecular formula is C27H27N5O20S6. The first-order valence-electron chi connectivity index (χ1n) is 14.9. The van der Waals surface area contributed by atoms with Crippen molar-refractivity contribution in [2.24, 2.45) is 20.5 Å². The fourth-order valence-corrected chi connectivity index (χ4v) is 9.03. The van der Waals surface area contributed by atoms with Crippen LogP contribution in [-0.4, -0.2) is 106 Å². The molecule has 0 amide bonds. The first-order chi connectivity index (χ1) is 26.5. The first kappa shape index (κ1) is 45.9. The molecule has 0 atom stereocenters. The Hall–Kier alpha value is -4.80. The van der Waals surface area contributed by atoms with E-state index in [4.69, 9.17) is 19.6 Å². The third-order valence-electron chi connectivity index (χ3n) is 7.27. The van der Waals surface area contributed by atoms with Crippen LogP contribution in [0.15, 0.2) is 94.6 Å². The molecule has 0 heterocycles. The highest BCUT2D eigenvalue weighted by atomic mass is 32.3. The SMILES string of the molecule is COc1ccc(S(=O)(=O)CCOS(=O)(=O)O)cc1/N=N/c1c(S(=O)(=O)O)cc2cc(S(=O)(=O)O)c(/N=N/c3ccc(S(=O)(=O)CCOS(=O)(=O)O)cc3)c(N)c2c1O. The summed E-state index contributed by atoms with van der Waals surface area (Å²) in [5.74, 6) is -3.23. The third-order valence-corrected chi connectivity index (χ3v) is 13.3. The van der Waals surface area contributed by atoms with Crippen LogP contribution >= 0.6 is 0 Å². The monoisotopic (exact) mass is 933 g/mol. The average molecular weight is 934 g/mol. The highest BCUT2D eigenvalue weighted by molar-refractivity contribution is 7.91. The normalized spacial score (nSPS) is 13.5. The first-order valence-corrected chi connectivity index (χ1v) is 23.8. The molecule has 4 rings (SSSR count). The predicted molar refractivity (Wildman–Crippen MR) is 197 cm³/mol. The number of fused-ring (bicyclic) bond motifs is 1. The molecule has 0 saturated carbocycles. The number of sulfone groups is 2. The van der Waals surface area contributed by atoms with Crippen LogP contribution in [0.25, 0.3) is 10.8 Å². The third kappa shape index (κ3) is 11.4. The number of methoxy groups -OCH3 is 1. The smallest absolute Gasteiger partial charge is 0.397 e. The number of benzene rings is 4. The van der Waals surface area contributed by atoms with E-state index < -0.39 is 139 Å². The van der Waals surface area contributed by atoms with Gasteiger partial charge < -0.3 is 15.6 Å². The van der Waals surface area contributed by atoms with Crippen molar-refractivity contribution in [2.45, 2.75) is 19.6 Å². The number of aromatic hydroxyl groups is 1. The summed E-state index contributed by atoms with van der Waals surface area (Å²) in [5.41, 5.74) is 2.86. The zero-order chi connectivity index (χ0) is 43.6. The summed E-state index contributed by atoms with van der Waals surface area (Å²) in [6.07, 6.45) is 0. The highest BCUT2D eigenvalue weighted by Crippen LogP contribution is 2.48. The largest absolute Gasteiger partial charge is 0.505 e. The molecule has 0 aliphatic carbocycles. The van der Waals surface area contributed by atoms with E-state index in [9.17, 15) is 64.7 Å². The molecule has 0 aromatic heterocycles. The van der Waals surface area contributed by atoms with Gasteiger partial charge in [-0.1, -0.05) is 0 Å². The topological polar surface area (TPSA) is 409 Å². The number of nitrogen functional groups attached to an aromatic ring is 1. The number of nitrogens with two attached hydrogens (primary N) is 1. The van der Waals surface area contributed by atoms with Crippen molar-refractivity contribution in [3.05, 3.63) is 54.6 Å². The molecule has 0 spiro atoms. The van der Waals surface area contributed by atoms with Gasteiger partial charge in [0, 0.05) is 0 Å². The van der Waals surface area contributed by atoms with Crippen LogP contribution in [0.3, 0.4) is 0 Å². The fourth-order valence-electron chi connectivity index (χ4n) is 4.71. The van der Waals surface area contributed by atoms with E-state index in [1.807, 2.05) is 0 Å². The van der Waals surface area contributed by atoms with Crippen LogP contribution in [0.2, 0.25) is 0 Å². The van der Waals surface area contributed by atoms with E-state index in [0.29, 0.717) is 12.1 Å². The zero-order valence-corrected chi connectivity index (χ0v) is 33.6. The fraction of sp³-hybridized carbons (Fsp3) is 0.185. The lowest BCUT2D eigenvalue weighted by atomic mass is 10.1. The maximum absolute atomic E-state index is 12.8. The number of phenols is 1. The van der Waals surface area contributed by atoms with Gasteiger partial charge >= 0.3 is 20.8 Å². The Balaban J connectivity index is 1.84. The van der Waals surface area contributed by atoms with Crippen molar-refractivity contribution in [3.63, 3.8) is 0 Å². The Morgan fingerprint density at radius 3 is 1.55 bits per heavy atom. The Labute approximate surface area is 329 Å². The quantitative estimate of drug-likeness (QED) is 0.0503. The van der Waals surface area contributed by atoms with Gasteiger partial charge in [-0.25, -0.2) is 25.2 Å². The number of phenolic OH excluding ortho intramolecular Hbond substituents is 1. The minimum Gasteiger partial charge on any atom is -0.505 e. The molecule has 0 bridgehead atoms. The molecule has 4 aromatic rings. The van der Waals surface area contributed by atoms with Crippen molar-refractivity contribution >= 4 is 99.9 Å². The van der Waals surface area contributed by atoms with E-state index >= 15 is 0 Å². The minimum absolute atomic E-state index is 0.168. The number of hydrogen-bond acceptors (Lipinski definition) is 21. The molecule has 4 aromatic carbocycles. The number of nitrogens with zero attached hydrogens (tertiary/aromatic N) is 4. The lowest BCUT2D eigenvalue weighted by Gasteiger charge is -2.14. The molecule has 0 radical (unpaired) electrons. The molecule has 7 N–H and O–H groups in total. The van der Waals surface area contributed by atoms with Gasteiger partial charge in [-0.05, 0) is 60.0 Å². The van der Waals surface area contributed by atoms with Crippen LogP contribution in [-0.2, 0) is 69.1 Å². The Bertz CT molecular complexity index is 3030. The van der Waals surface area contributed by atoms with Crippen LogP contribution < -0.4 is 10.5 Å². The number of ether oxygens (including phenoxy) is 1. The number of rotatable bonds is 17. The molecular weight excluding hydrogens is 907 g/mol. The van der Waals surface area contributed by atoms with Crippen LogP contribution in [0, 0.1) is 0 Å². The zero-order valence-electron chi connectivity index (χ0n) is 28.7. The second kappa shape index (κ2) is 16.8. The van der Waals surface area contributed by atoms with Crippen molar-refractivity contribution in [3.8, 4) is 11.5 Å². The highest BCUT2D eigenvalue weighted by Gasteiger charge is 2.28. The maximum atomic E-state index is 12.8. The van der Waals surface area contributed by atoms with Crippen LogP contribution in [0.5, 0.6) is 11.5 Å². The lowest BCUT2D eigenvalue weighted by Crippen LogP contribution is -2.15. The van der Waals surface area contributed by atoms with E-state index in [1.165, 1.54) is 0 Å². The molecule has 25 nitrogen and oxygen atoms in total. The van der Waals surface area contributed by atoms with Crippen molar-refractivity contribution in [2.75, 3.05) is 37.6 Å². The molecule has 316 valence electrons. The molecule has 0 fully saturated rings. The number of anilines is 1. The molecule has 0 aliphatic heterocycles. The Morgan fingerprint density at radius 2 is 1.07 bits per heavy atom. The van der Waals surface area contributed by atoms with Gasteiger partial charge in [-0.2, -0.15) is 38.8 Å². The molecule has 0 unspecified atom stereocenters. The van der Waals surface area contributed by atoms with Crippen molar-refractivity contribution < 1.29 is 86.9 Å². The lowest BCUT2D eigenvalue weighted by molar-refractivity contribution is 0.282. The van der Waals surface area contributed by atoms with E-state index in [-0.39, 0.29) is 16.3 Å². The van der Waals surface area contributed by atoms with Gasteiger partial charge in [0.15, 0.2) is 25.4 Å². The van der Waals surface area contributed by atoms with Gasteiger partial charge in [-0.15, -0.1) is 15.3 Å². The molecule has 0 saturated heterocycles. The molecule has 31 heteroatoms. The number of hydrogen-bond donors (Lipinski definition) is 6. The minimum atomic E-state index is -5.37. The predicted octanol–water partition coefficient (Wildman–Crippen LogP) is 2.65. The second-order valence-corrected chi connectivity index (χ2v) is 20.3. The van der Waals surface area contributed by atoms with Gasteiger partial charge in [0.2, 0.25) is 0 Å². The summed E-state index contributed by atoms with van der Waals surface area (Å²) in [6.45, 7) is -1.92. The average Bonchev–Trinajstić information content (AvgIpc) is 3.08. The van der Waals surface area contributed by atoms with Gasteiger partial charge in [0.05, 0.1) is 58.4 Å². The molecule has 58 heavy (non-hydrogen) atoms. The van der Waals surface area contributed by atoms with Gasteiger partial charge in [0.25, 0.3) is 20.2 Å². The summed E-state index contributed by atoms with van der Waals surface area (Å²) in [6, 6.07) is 8.17. The van der Waals surface area contributed by atoms with Crippen molar-refractivity contribution in [1.29, 1.82) is 0 Å². The van der Waals surface area contributed by atoms with Crippen molar-refractivity contribution in [1.82, 2.24) is 0 Å². The second-order valence-electron chi connectivity index (χ2n) is 11.1. The van der Waals surface area contributed by atoms with Gasteiger partial charge in [0.1, 0.15) is 32.6 Å². The Kier molecular flexibility index (Phi) is 13.3. The van der Waals surface area contributed by atoms with Crippen LogP contribution in [0.1, 0.15) is 0 Å². The molecule has 0 aliphatic rings. The maximum Gasteiger partial charge on any atom is 0.397 e. The summed E-state index contributed by atoms with van der Waals surface area (Å²) in [4.78, 5) is -3.20. The Morgan fingerprint density at radius 1 is 0.603 bits per heavy atom. The summed E-state index contributed by atoms with van der Waals surface area (Å²) in [5, 5.41) is 25.1. The standard InChI is InChI=1S/C27H27N5O20S6/c1-50-20-7-6-18(54(36,37)11-9-52-58(47,48)49)14-19(20)30-32-26-22(56(41,42)43)13-15-12-21(55(38,39)40)25(24(28)23(15)27(26)33)31-29-16-2-4-17(5-3-16)53(34,35)10-8-51-57(44,45)46/h2-7,12-14,33H,8-11,28H2,1H3,(H,38,39,40)(H,41,42,43)(H,44,45,46)(H,47,48,49)/b31-29+,32-30+. The summed E-state index contributed by atoms with van der Waals surface area (Å²) < 4.78 is 194. The van der Waals surface area contributed by atoms with E-state index in [1.54, 1.807) is 0 Å². The van der Waals surface area contributed by atoms with Gasteiger partial charge in [-0.3, -0.25) is 18.2 Å². The van der Waals surface area contributed by atoms with E-state index in [0.717, 1.165) is 49.6 Å². The summed E-state index contributed by atoms with van der Waals surface area (Å²) in [7, 11) is -28.0. The number of azo groups is 2.